The minimum absolute atomic E-state index is 0.450. The topological polar surface area (TPSA) is 84.9 Å². The molecule has 96 valence electrons. The molecule has 0 aliphatic heterocycles. The molecule has 0 aliphatic carbocycles. The van der Waals surface area contributed by atoms with Crippen LogP contribution in [-0.4, -0.2) is 31.2 Å². The first-order valence-electron chi connectivity index (χ1n) is 5.00. The molecule has 0 saturated heterocycles. The van der Waals surface area contributed by atoms with Crippen molar-refractivity contribution >= 4 is 17.6 Å². The fourth-order valence-electron chi connectivity index (χ4n) is 1.21. The van der Waals surface area contributed by atoms with Gasteiger partial charge in [-0.15, -0.1) is 0 Å². The van der Waals surface area contributed by atoms with Gasteiger partial charge in [0.15, 0.2) is 0 Å². The maximum absolute atomic E-state index is 11.4. The average molecular weight is 251 g/mol. The van der Waals surface area contributed by atoms with Gasteiger partial charge in [-0.2, -0.15) is 0 Å². The van der Waals surface area contributed by atoms with Crippen LogP contribution in [0.2, 0.25) is 0 Å². The van der Waals surface area contributed by atoms with Gasteiger partial charge in [-0.25, -0.2) is 4.79 Å². The molecule has 18 heavy (non-hydrogen) atoms. The summed E-state index contributed by atoms with van der Waals surface area (Å²) in [6, 6.07) is 4.84. The third kappa shape index (κ3) is 4.17. The van der Waals surface area contributed by atoms with Crippen LogP contribution in [0.4, 0.5) is 5.69 Å². The van der Waals surface area contributed by atoms with Crippen molar-refractivity contribution in [2.24, 2.45) is 0 Å². The van der Waals surface area contributed by atoms with Gasteiger partial charge in [0.1, 0.15) is 11.5 Å². The first-order chi connectivity index (χ1) is 8.55. The van der Waals surface area contributed by atoms with Crippen molar-refractivity contribution in [3.63, 3.8) is 0 Å². The molecule has 1 aromatic rings. The summed E-state index contributed by atoms with van der Waals surface area (Å²) in [5, 5.41) is 10.9. The highest BCUT2D eigenvalue weighted by Gasteiger charge is 2.04. The van der Waals surface area contributed by atoms with Gasteiger partial charge in [0.25, 0.3) is 0 Å². The molecule has 1 rings (SSSR count). The van der Waals surface area contributed by atoms with E-state index in [0.717, 1.165) is 12.2 Å². The third-order valence-electron chi connectivity index (χ3n) is 2.00. The fraction of sp³-hybridized carbons (Fsp3) is 0.167. The number of methoxy groups -OCH3 is 2. The molecule has 0 aromatic heterocycles. The highest BCUT2D eigenvalue weighted by molar-refractivity contribution is 6.02. The Bertz CT molecular complexity index is 459. The Labute approximate surface area is 104 Å². The lowest BCUT2D eigenvalue weighted by molar-refractivity contribution is -0.131. The van der Waals surface area contributed by atoms with Crippen LogP contribution in [-0.2, 0) is 9.59 Å². The molecule has 0 saturated carbocycles. The van der Waals surface area contributed by atoms with Gasteiger partial charge in [-0.3, -0.25) is 4.79 Å². The normalized spacial score (nSPS) is 10.1. The number of anilines is 1. The minimum Gasteiger partial charge on any atom is -0.497 e. The van der Waals surface area contributed by atoms with Crippen LogP contribution >= 0.6 is 0 Å². The van der Waals surface area contributed by atoms with Crippen molar-refractivity contribution in [2.45, 2.75) is 0 Å². The number of carbonyl (C=O) groups excluding carboxylic acids is 1. The van der Waals surface area contributed by atoms with Gasteiger partial charge in [0, 0.05) is 36.0 Å². The minimum atomic E-state index is -1.19. The number of rotatable bonds is 5. The summed E-state index contributed by atoms with van der Waals surface area (Å²) in [5.74, 6) is -0.695. The molecule has 0 aliphatic rings. The molecule has 0 bridgehead atoms. The number of hydrogen-bond donors (Lipinski definition) is 2. The van der Waals surface area contributed by atoms with E-state index >= 15 is 0 Å². The number of aliphatic carboxylic acids is 1. The Morgan fingerprint density at radius 3 is 2.11 bits per heavy atom. The maximum Gasteiger partial charge on any atom is 0.328 e. The summed E-state index contributed by atoms with van der Waals surface area (Å²) in [6.07, 6.45) is 1.68. The molecule has 2 N–H and O–H groups in total. The van der Waals surface area contributed by atoms with Crippen LogP contribution in [0.5, 0.6) is 11.5 Å². The van der Waals surface area contributed by atoms with Gasteiger partial charge < -0.3 is 19.9 Å². The molecule has 0 fully saturated rings. The molecule has 0 atom stereocenters. The molecule has 6 heteroatoms. The molecule has 1 amide bonds. The van der Waals surface area contributed by atoms with Crippen LogP contribution in [0.1, 0.15) is 0 Å². The second-order valence-electron chi connectivity index (χ2n) is 3.26. The summed E-state index contributed by atoms with van der Waals surface area (Å²) < 4.78 is 10.1. The Morgan fingerprint density at radius 2 is 1.67 bits per heavy atom. The Balaban J connectivity index is 2.83. The van der Waals surface area contributed by atoms with Gasteiger partial charge >= 0.3 is 5.97 Å². The summed E-state index contributed by atoms with van der Waals surface area (Å²) in [5.41, 5.74) is 0.450. The van der Waals surface area contributed by atoms with Crippen molar-refractivity contribution in [3.05, 3.63) is 30.4 Å². The first kappa shape index (κ1) is 13.6. The van der Waals surface area contributed by atoms with Crippen LogP contribution in [0.3, 0.4) is 0 Å². The van der Waals surface area contributed by atoms with E-state index in [9.17, 15) is 9.59 Å². The van der Waals surface area contributed by atoms with E-state index in [-0.39, 0.29) is 0 Å². The number of ether oxygens (including phenoxy) is 2. The largest absolute Gasteiger partial charge is 0.497 e. The van der Waals surface area contributed by atoms with Crippen molar-refractivity contribution < 1.29 is 24.2 Å². The molecule has 6 nitrogen and oxygen atoms in total. The molecule has 0 unspecified atom stereocenters. The summed E-state index contributed by atoms with van der Waals surface area (Å²) >= 11 is 0. The Hall–Kier alpha value is -2.50. The number of carbonyl (C=O) groups is 2. The Morgan fingerprint density at radius 1 is 1.11 bits per heavy atom. The van der Waals surface area contributed by atoms with Crippen molar-refractivity contribution in [1.29, 1.82) is 0 Å². The zero-order valence-corrected chi connectivity index (χ0v) is 9.97. The van der Waals surface area contributed by atoms with Gasteiger partial charge in [-0.1, -0.05) is 0 Å². The van der Waals surface area contributed by atoms with Gasteiger partial charge in [0.2, 0.25) is 5.91 Å². The zero-order chi connectivity index (χ0) is 13.5. The summed E-state index contributed by atoms with van der Waals surface area (Å²) in [4.78, 5) is 21.6. The second-order valence-corrected chi connectivity index (χ2v) is 3.26. The van der Waals surface area contributed by atoms with E-state index in [1.807, 2.05) is 0 Å². The van der Waals surface area contributed by atoms with E-state index in [1.165, 1.54) is 14.2 Å². The predicted molar refractivity (Wildman–Crippen MR) is 65.0 cm³/mol. The first-order valence-corrected chi connectivity index (χ1v) is 5.00. The number of amides is 1. The molecule has 0 heterocycles. The molecular formula is C12H13NO5. The van der Waals surface area contributed by atoms with Gasteiger partial charge in [0.05, 0.1) is 14.2 Å². The lowest BCUT2D eigenvalue weighted by atomic mass is 10.2. The lowest BCUT2D eigenvalue weighted by Gasteiger charge is -2.08. The predicted octanol–water partition coefficient (Wildman–Crippen LogP) is 1.28. The van der Waals surface area contributed by atoms with Crippen LogP contribution in [0.25, 0.3) is 0 Å². The van der Waals surface area contributed by atoms with Crippen LogP contribution in [0, 0.1) is 0 Å². The standard InChI is InChI=1S/C12H13NO5/c1-17-9-5-8(6-10(7-9)18-2)13-11(14)3-4-12(15)16/h3-7H,1-2H3,(H,13,14)(H,15,16)/b4-3+. The van der Waals surface area contributed by atoms with Crippen molar-refractivity contribution in [2.75, 3.05) is 19.5 Å². The van der Waals surface area contributed by atoms with E-state index in [0.29, 0.717) is 17.2 Å². The lowest BCUT2D eigenvalue weighted by Crippen LogP contribution is -2.09. The highest BCUT2D eigenvalue weighted by atomic mass is 16.5. The number of carboxylic acids is 1. The molecule has 1 aromatic carbocycles. The van der Waals surface area contributed by atoms with Crippen LogP contribution in [0.15, 0.2) is 30.4 Å². The second kappa shape index (κ2) is 6.29. The monoisotopic (exact) mass is 251 g/mol. The van der Waals surface area contributed by atoms with E-state index < -0.39 is 11.9 Å². The SMILES string of the molecule is COc1cc(NC(=O)/C=C/C(=O)O)cc(OC)c1. The molecule has 0 spiro atoms. The number of carboxylic acid groups (broad SMARTS) is 1. The highest BCUT2D eigenvalue weighted by Crippen LogP contribution is 2.25. The summed E-state index contributed by atoms with van der Waals surface area (Å²) in [7, 11) is 2.98. The average Bonchev–Trinajstić information content (AvgIpc) is 2.35. The number of nitrogens with one attached hydrogen (secondary N) is 1. The third-order valence-corrected chi connectivity index (χ3v) is 2.00. The van der Waals surface area contributed by atoms with Crippen molar-refractivity contribution in [1.82, 2.24) is 0 Å². The fourth-order valence-corrected chi connectivity index (χ4v) is 1.21. The summed E-state index contributed by atoms with van der Waals surface area (Å²) in [6.45, 7) is 0. The molecule has 0 radical (unpaired) electrons. The van der Waals surface area contributed by atoms with Gasteiger partial charge in [-0.05, 0) is 0 Å². The quantitative estimate of drug-likeness (QED) is 0.770. The van der Waals surface area contributed by atoms with E-state index in [2.05, 4.69) is 5.32 Å². The van der Waals surface area contributed by atoms with Crippen LogP contribution < -0.4 is 14.8 Å². The number of benzene rings is 1. The van der Waals surface area contributed by atoms with E-state index in [4.69, 9.17) is 14.6 Å². The zero-order valence-electron chi connectivity index (χ0n) is 9.97. The molecular weight excluding hydrogens is 238 g/mol. The van der Waals surface area contributed by atoms with Crippen molar-refractivity contribution in [3.8, 4) is 11.5 Å². The number of hydrogen-bond acceptors (Lipinski definition) is 4. The Kier molecular flexibility index (Phi) is 4.74. The van der Waals surface area contributed by atoms with E-state index in [1.54, 1.807) is 18.2 Å². The maximum atomic E-state index is 11.4. The smallest absolute Gasteiger partial charge is 0.328 e.